The first kappa shape index (κ1) is 14.3. The molecule has 5 nitrogen and oxygen atoms in total. The van der Waals surface area contributed by atoms with Gasteiger partial charge in [-0.2, -0.15) is 0 Å². The van der Waals surface area contributed by atoms with E-state index < -0.39 is 0 Å². The zero-order valence-corrected chi connectivity index (χ0v) is 12.5. The number of nitrogens with one attached hydrogen (secondary N) is 2. The molecule has 1 aromatic heterocycles. The van der Waals surface area contributed by atoms with E-state index in [-0.39, 0.29) is 24.0 Å². The maximum absolute atomic E-state index is 4.76. The highest BCUT2D eigenvalue weighted by Gasteiger charge is 2.33. The van der Waals surface area contributed by atoms with E-state index in [4.69, 9.17) is 4.52 Å². The number of rotatable bonds is 4. The number of nitrogens with zero attached hydrogens (tertiary/aromatic N) is 2. The monoisotopic (exact) mass is 350 g/mol. The van der Waals surface area contributed by atoms with Gasteiger partial charge in [0, 0.05) is 18.7 Å². The molecular formula is C11H19IN4O. The second-order valence-corrected chi connectivity index (χ2v) is 4.15. The predicted molar refractivity (Wildman–Crippen MR) is 77.4 cm³/mol. The molecule has 2 atom stereocenters. The van der Waals surface area contributed by atoms with E-state index in [9.17, 15) is 0 Å². The summed E-state index contributed by atoms with van der Waals surface area (Å²) in [5.74, 6) is 1.62. The van der Waals surface area contributed by atoms with Crippen LogP contribution in [0.5, 0.6) is 0 Å². The molecule has 96 valence electrons. The molecule has 1 aromatic rings. The molecule has 1 aliphatic rings. The molecular weight excluding hydrogens is 331 g/mol. The van der Waals surface area contributed by atoms with E-state index in [1.807, 2.05) is 6.07 Å². The smallest absolute Gasteiger partial charge is 0.191 e. The third-order valence-corrected chi connectivity index (χ3v) is 2.67. The van der Waals surface area contributed by atoms with Crippen LogP contribution in [0.4, 0.5) is 0 Å². The van der Waals surface area contributed by atoms with Gasteiger partial charge in [-0.1, -0.05) is 12.1 Å². The Kier molecular flexibility index (Phi) is 5.73. The topological polar surface area (TPSA) is 62.5 Å². The fourth-order valence-corrected chi connectivity index (χ4v) is 1.50. The number of aromatic nitrogens is 1. The second-order valence-electron chi connectivity index (χ2n) is 4.15. The van der Waals surface area contributed by atoms with Crippen molar-refractivity contribution in [2.45, 2.75) is 32.9 Å². The van der Waals surface area contributed by atoms with E-state index >= 15 is 0 Å². The first-order chi connectivity index (χ1) is 7.79. The first-order valence-electron chi connectivity index (χ1n) is 5.73. The zero-order chi connectivity index (χ0) is 11.4. The van der Waals surface area contributed by atoms with Crippen LogP contribution in [0.2, 0.25) is 0 Å². The molecule has 1 fully saturated rings. The van der Waals surface area contributed by atoms with Gasteiger partial charge in [0.05, 0.1) is 6.54 Å². The van der Waals surface area contributed by atoms with Crippen molar-refractivity contribution in [2.24, 2.45) is 10.9 Å². The molecule has 0 aromatic carbocycles. The van der Waals surface area contributed by atoms with Gasteiger partial charge in [-0.15, -0.1) is 24.0 Å². The highest BCUT2D eigenvalue weighted by atomic mass is 127. The van der Waals surface area contributed by atoms with E-state index in [1.165, 1.54) is 6.42 Å². The van der Waals surface area contributed by atoms with Gasteiger partial charge in [0.2, 0.25) is 0 Å². The molecule has 17 heavy (non-hydrogen) atoms. The minimum absolute atomic E-state index is 0. The lowest BCUT2D eigenvalue weighted by molar-refractivity contribution is 0.412. The fraction of sp³-hybridized carbons (Fsp3) is 0.636. The molecule has 2 N–H and O–H groups in total. The van der Waals surface area contributed by atoms with Crippen LogP contribution < -0.4 is 10.6 Å². The average molecular weight is 350 g/mol. The Morgan fingerprint density at radius 3 is 2.94 bits per heavy atom. The number of aliphatic imine (C=N–C) groups is 1. The number of hydrogen-bond acceptors (Lipinski definition) is 3. The largest absolute Gasteiger partial charge is 0.364 e. The van der Waals surface area contributed by atoms with Crippen molar-refractivity contribution >= 4 is 29.9 Å². The Balaban J connectivity index is 0.00000144. The van der Waals surface area contributed by atoms with Crippen LogP contribution in [0.1, 0.15) is 26.0 Å². The van der Waals surface area contributed by atoms with Crippen LogP contribution in [-0.2, 0) is 6.54 Å². The highest BCUT2D eigenvalue weighted by Crippen LogP contribution is 2.28. The van der Waals surface area contributed by atoms with E-state index in [1.54, 1.807) is 6.26 Å². The van der Waals surface area contributed by atoms with Gasteiger partial charge < -0.3 is 15.2 Å². The van der Waals surface area contributed by atoms with Crippen LogP contribution in [0.25, 0.3) is 0 Å². The number of hydrogen-bond donors (Lipinski definition) is 2. The summed E-state index contributed by atoms with van der Waals surface area (Å²) >= 11 is 0. The van der Waals surface area contributed by atoms with Crippen molar-refractivity contribution in [2.75, 3.05) is 6.54 Å². The molecule has 1 aliphatic carbocycles. The van der Waals surface area contributed by atoms with Gasteiger partial charge in [0.1, 0.15) is 12.0 Å². The maximum Gasteiger partial charge on any atom is 0.191 e. The van der Waals surface area contributed by atoms with Gasteiger partial charge in [-0.05, 0) is 19.3 Å². The van der Waals surface area contributed by atoms with Crippen molar-refractivity contribution in [1.29, 1.82) is 0 Å². The Labute approximate surface area is 118 Å². The summed E-state index contributed by atoms with van der Waals surface area (Å²) in [6.07, 6.45) is 2.79. The number of halogens is 1. The Hall–Kier alpha value is -0.790. The van der Waals surface area contributed by atoms with Crippen molar-refractivity contribution < 1.29 is 4.52 Å². The lowest BCUT2D eigenvalue weighted by atomic mass is 10.4. The summed E-state index contributed by atoms with van der Waals surface area (Å²) < 4.78 is 4.76. The van der Waals surface area contributed by atoms with E-state index in [0.717, 1.165) is 24.1 Å². The third kappa shape index (κ3) is 4.53. The summed E-state index contributed by atoms with van der Waals surface area (Å²) in [6, 6.07) is 2.41. The van der Waals surface area contributed by atoms with Crippen molar-refractivity contribution in [3.63, 3.8) is 0 Å². The fourth-order valence-electron chi connectivity index (χ4n) is 1.50. The Bertz CT molecular complexity index is 352. The van der Waals surface area contributed by atoms with Gasteiger partial charge in [-0.3, -0.25) is 0 Å². The molecule has 0 spiro atoms. The summed E-state index contributed by atoms with van der Waals surface area (Å²) in [5, 5.41) is 10.4. The van der Waals surface area contributed by atoms with Crippen LogP contribution >= 0.6 is 24.0 Å². The molecule has 6 heteroatoms. The first-order valence-corrected chi connectivity index (χ1v) is 5.73. The standard InChI is InChI=1S/C11H18N4O.HI/c1-3-12-11(14-10-6-8(10)2)13-7-9-4-5-16-15-9;/h4-5,8,10H,3,6-7H2,1-2H3,(H2,12,13,14);1H. The van der Waals surface area contributed by atoms with Gasteiger partial charge in [0.25, 0.3) is 0 Å². The molecule has 2 unspecified atom stereocenters. The molecule has 0 aliphatic heterocycles. The SMILES string of the molecule is CCNC(=NCc1ccon1)NC1CC1C.I. The molecule has 2 rings (SSSR count). The zero-order valence-electron chi connectivity index (χ0n) is 10.1. The summed E-state index contributed by atoms with van der Waals surface area (Å²) in [4.78, 5) is 4.44. The maximum atomic E-state index is 4.76. The van der Waals surface area contributed by atoms with Crippen LogP contribution in [0.3, 0.4) is 0 Å². The molecule has 1 saturated carbocycles. The van der Waals surface area contributed by atoms with Crippen LogP contribution in [0, 0.1) is 5.92 Å². The highest BCUT2D eigenvalue weighted by molar-refractivity contribution is 14.0. The van der Waals surface area contributed by atoms with Gasteiger partial charge in [-0.25, -0.2) is 4.99 Å². The second kappa shape index (κ2) is 6.83. The van der Waals surface area contributed by atoms with Crippen LogP contribution in [0.15, 0.2) is 21.8 Å². The summed E-state index contributed by atoms with van der Waals surface area (Å²) in [5.41, 5.74) is 0.848. The molecule has 0 radical (unpaired) electrons. The predicted octanol–water partition coefficient (Wildman–Crippen LogP) is 1.76. The van der Waals surface area contributed by atoms with E-state index in [0.29, 0.717) is 12.6 Å². The van der Waals surface area contributed by atoms with Gasteiger partial charge in [0.15, 0.2) is 5.96 Å². The Morgan fingerprint density at radius 2 is 2.41 bits per heavy atom. The molecule has 1 heterocycles. The normalized spacial score (nSPS) is 22.8. The summed E-state index contributed by atoms with van der Waals surface area (Å²) in [7, 11) is 0. The molecule has 0 amide bonds. The summed E-state index contributed by atoms with van der Waals surface area (Å²) in [6.45, 7) is 5.71. The molecule has 0 saturated heterocycles. The minimum atomic E-state index is 0. The lowest BCUT2D eigenvalue weighted by Crippen LogP contribution is -2.39. The van der Waals surface area contributed by atoms with Crippen LogP contribution in [-0.4, -0.2) is 23.7 Å². The van der Waals surface area contributed by atoms with Crippen molar-refractivity contribution in [1.82, 2.24) is 15.8 Å². The lowest BCUT2D eigenvalue weighted by Gasteiger charge is -2.09. The van der Waals surface area contributed by atoms with E-state index in [2.05, 4.69) is 34.6 Å². The van der Waals surface area contributed by atoms with Crippen molar-refractivity contribution in [3.8, 4) is 0 Å². The third-order valence-electron chi connectivity index (χ3n) is 2.67. The van der Waals surface area contributed by atoms with Gasteiger partial charge >= 0.3 is 0 Å². The Morgan fingerprint density at radius 1 is 1.65 bits per heavy atom. The molecule has 0 bridgehead atoms. The average Bonchev–Trinajstić information content (AvgIpc) is 2.80. The quantitative estimate of drug-likeness (QED) is 0.494. The minimum Gasteiger partial charge on any atom is -0.364 e. The van der Waals surface area contributed by atoms with Crippen molar-refractivity contribution in [3.05, 3.63) is 18.0 Å². The number of guanidine groups is 1.